The molecule has 1 aliphatic rings. The highest BCUT2D eigenvalue weighted by Gasteiger charge is 2.31. The molecule has 0 bridgehead atoms. The Balaban J connectivity index is 2.16. The monoisotopic (exact) mass is 432 g/mol. The second-order valence-corrected chi connectivity index (χ2v) is 7.06. The van der Waals surface area contributed by atoms with Gasteiger partial charge in [-0.25, -0.2) is 4.39 Å². The van der Waals surface area contributed by atoms with Crippen molar-refractivity contribution in [2.75, 3.05) is 19.1 Å². The van der Waals surface area contributed by atoms with Gasteiger partial charge in [-0.15, -0.1) is 0 Å². The van der Waals surface area contributed by atoms with Crippen molar-refractivity contribution in [1.82, 2.24) is 0 Å². The molecule has 7 heteroatoms. The van der Waals surface area contributed by atoms with E-state index in [2.05, 4.69) is 25.7 Å². The van der Waals surface area contributed by atoms with E-state index in [-0.39, 0.29) is 18.7 Å². The highest BCUT2D eigenvalue weighted by Crippen LogP contribution is 2.31. The van der Waals surface area contributed by atoms with Gasteiger partial charge < -0.3 is 9.64 Å². The lowest BCUT2D eigenvalue weighted by molar-refractivity contribution is -0.140. The molecule has 1 heterocycles. The van der Waals surface area contributed by atoms with Crippen molar-refractivity contribution in [3.63, 3.8) is 0 Å². The Morgan fingerprint density at radius 3 is 2.70 bits per heavy atom. The first-order valence-electron chi connectivity index (χ1n) is 8.39. The number of ether oxygens (including phenoxy) is 1. The fraction of sp³-hybridized carbons (Fsp3) is 0.250. The number of carbonyl (C=O) groups excluding carboxylic acids is 2. The van der Waals surface area contributed by atoms with E-state index in [1.807, 2.05) is 12.1 Å². The molecule has 0 saturated carbocycles. The molecule has 0 fully saturated rings. The Hall–Kier alpha value is -2.54. The zero-order valence-corrected chi connectivity index (χ0v) is 16.5. The minimum atomic E-state index is -0.810. The number of methoxy groups -OCH3 is 1. The van der Waals surface area contributed by atoms with Crippen LogP contribution in [0.2, 0.25) is 0 Å². The lowest BCUT2D eigenvalue weighted by atomic mass is 10.00. The van der Waals surface area contributed by atoms with Crippen LogP contribution in [0.3, 0.4) is 0 Å². The van der Waals surface area contributed by atoms with Gasteiger partial charge in [0, 0.05) is 29.1 Å². The average Bonchev–Trinajstić information content (AvgIpc) is 2.76. The molecule has 2 aromatic rings. The number of amides is 1. The van der Waals surface area contributed by atoms with Gasteiger partial charge in [-0.1, -0.05) is 28.1 Å². The van der Waals surface area contributed by atoms with Crippen molar-refractivity contribution in [3.8, 4) is 0 Å². The molecule has 1 atom stereocenters. The van der Waals surface area contributed by atoms with Crippen LogP contribution in [0.1, 0.15) is 24.0 Å². The number of likely N-dealkylation sites (N-methyl/N-ethyl adjacent to an activating group) is 1. The molecule has 0 radical (unpaired) electrons. The summed E-state index contributed by atoms with van der Waals surface area (Å²) in [5.74, 6) is -1.10. The van der Waals surface area contributed by atoms with Gasteiger partial charge in [-0.05, 0) is 36.8 Å². The predicted octanol–water partition coefficient (Wildman–Crippen LogP) is 3.72. The number of aliphatic imine (C=N–C) groups is 1. The molecular weight excluding hydrogens is 415 g/mol. The molecule has 140 valence electrons. The van der Waals surface area contributed by atoms with Crippen LogP contribution in [0.25, 0.3) is 0 Å². The van der Waals surface area contributed by atoms with Gasteiger partial charge in [-0.2, -0.15) is 0 Å². The molecule has 0 N–H and O–H groups in total. The molecule has 1 aliphatic heterocycles. The Kier molecular flexibility index (Phi) is 5.70. The van der Waals surface area contributed by atoms with E-state index < -0.39 is 17.8 Å². The number of carbonyl (C=O) groups is 2. The Morgan fingerprint density at radius 1 is 1.26 bits per heavy atom. The van der Waals surface area contributed by atoms with E-state index in [0.29, 0.717) is 22.5 Å². The number of benzodiazepines with no additional fused rings is 1. The van der Waals surface area contributed by atoms with Crippen molar-refractivity contribution >= 4 is 39.2 Å². The number of benzene rings is 2. The van der Waals surface area contributed by atoms with Crippen LogP contribution in [-0.2, 0) is 14.3 Å². The lowest BCUT2D eigenvalue weighted by Gasteiger charge is -2.20. The number of nitrogens with zero attached hydrogens (tertiary/aromatic N) is 2. The number of anilines is 1. The van der Waals surface area contributed by atoms with Crippen molar-refractivity contribution in [3.05, 3.63) is 63.9 Å². The van der Waals surface area contributed by atoms with Crippen molar-refractivity contribution in [2.24, 2.45) is 4.99 Å². The standard InChI is InChI=1S/C20H18BrFN2O3/c1-24-17-9-7-12(21)11-14(17)19(13-5-3-4-6-15(13)22)23-16(20(24)26)8-10-18(25)27-2/h3-7,9,11,16H,8,10H2,1-2H3/t16-/m0/s1. The Labute approximate surface area is 165 Å². The highest BCUT2D eigenvalue weighted by molar-refractivity contribution is 9.10. The minimum Gasteiger partial charge on any atom is -0.469 e. The molecule has 0 aliphatic carbocycles. The number of halogens is 2. The van der Waals surface area contributed by atoms with Crippen molar-refractivity contribution in [1.29, 1.82) is 0 Å². The van der Waals surface area contributed by atoms with Crippen LogP contribution in [0, 0.1) is 5.82 Å². The number of esters is 1. The van der Waals surface area contributed by atoms with E-state index in [1.165, 1.54) is 18.1 Å². The van der Waals surface area contributed by atoms with Crippen LogP contribution in [0.5, 0.6) is 0 Å². The first-order valence-corrected chi connectivity index (χ1v) is 9.18. The molecule has 0 spiro atoms. The van der Waals surface area contributed by atoms with Crippen LogP contribution in [-0.4, -0.2) is 37.8 Å². The molecule has 1 amide bonds. The lowest BCUT2D eigenvalue weighted by Crippen LogP contribution is -2.35. The molecule has 5 nitrogen and oxygen atoms in total. The van der Waals surface area contributed by atoms with Gasteiger partial charge in [0.05, 0.1) is 18.5 Å². The number of hydrogen-bond acceptors (Lipinski definition) is 4. The quantitative estimate of drug-likeness (QED) is 0.691. The van der Waals surface area contributed by atoms with E-state index in [1.54, 1.807) is 31.3 Å². The largest absolute Gasteiger partial charge is 0.469 e. The summed E-state index contributed by atoms with van der Waals surface area (Å²) in [7, 11) is 2.95. The molecule has 0 saturated heterocycles. The zero-order chi connectivity index (χ0) is 19.6. The van der Waals surface area contributed by atoms with Crippen LogP contribution in [0.4, 0.5) is 10.1 Å². The Bertz CT molecular complexity index is 929. The van der Waals surface area contributed by atoms with E-state index in [4.69, 9.17) is 0 Å². The maximum absolute atomic E-state index is 14.5. The summed E-state index contributed by atoms with van der Waals surface area (Å²) in [5.41, 5.74) is 1.97. The predicted molar refractivity (Wildman–Crippen MR) is 105 cm³/mol. The Morgan fingerprint density at radius 2 is 2.00 bits per heavy atom. The van der Waals surface area contributed by atoms with Crippen molar-refractivity contribution < 1.29 is 18.7 Å². The first-order chi connectivity index (χ1) is 12.9. The summed E-state index contributed by atoms with van der Waals surface area (Å²) < 4.78 is 20.0. The van der Waals surface area contributed by atoms with Crippen LogP contribution >= 0.6 is 15.9 Å². The third-order valence-corrected chi connectivity index (χ3v) is 4.95. The summed E-state index contributed by atoms with van der Waals surface area (Å²) >= 11 is 3.43. The molecule has 2 aromatic carbocycles. The van der Waals surface area contributed by atoms with Gasteiger partial charge in [0.25, 0.3) is 5.91 Å². The van der Waals surface area contributed by atoms with E-state index in [9.17, 15) is 14.0 Å². The van der Waals surface area contributed by atoms with Gasteiger partial charge >= 0.3 is 5.97 Å². The highest BCUT2D eigenvalue weighted by atomic mass is 79.9. The number of hydrogen-bond donors (Lipinski definition) is 0. The SMILES string of the molecule is COC(=O)CC[C@@H]1N=C(c2ccccc2F)c2cc(Br)ccc2N(C)C1=O. The van der Waals surface area contributed by atoms with Crippen LogP contribution < -0.4 is 4.90 Å². The number of rotatable bonds is 4. The third kappa shape index (κ3) is 3.93. The second kappa shape index (κ2) is 8.00. The average molecular weight is 433 g/mol. The van der Waals surface area contributed by atoms with E-state index >= 15 is 0 Å². The molecular formula is C20H18BrFN2O3. The molecule has 27 heavy (non-hydrogen) atoms. The minimum absolute atomic E-state index is 0.0504. The van der Waals surface area contributed by atoms with E-state index in [0.717, 1.165) is 4.47 Å². The summed E-state index contributed by atoms with van der Waals surface area (Å²) in [5, 5.41) is 0. The number of fused-ring (bicyclic) bond motifs is 1. The summed E-state index contributed by atoms with van der Waals surface area (Å²) in [6.07, 6.45) is 0.234. The summed E-state index contributed by atoms with van der Waals surface area (Å²) in [6, 6.07) is 10.9. The first kappa shape index (κ1) is 19.2. The fourth-order valence-corrected chi connectivity index (χ4v) is 3.39. The fourth-order valence-electron chi connectivity index (χ4n) is 3.03. The zero-order valence-electron chi connectivity index (χ0n) is 14.9. The van der Waals surface area contributed by atoms with Gasteiger partial charge in [-0.3, -0.25) is 14.6 Å². The maximum Gasteiger partial charge on any atom is 0.305 e. The molecule has 3 rings (SSSR count). The van der Waals surface area contributed by atoms with Gasteiger partial charge in [0.1, 0.15) is 11.9 Å². The van der Waals surface area contributed by atoms with Crippen LogP contribution in [0.15, 0.2) is 51.9 Å². The third-order valence-electron chi connectivity index (χ3n) is 4.45. The molecule has 0 unspecified atom stereocenters. The second-order valence-electron chi connectivity index (χ2n) is 6.15. The normalized spacial score (nSPS) is 16.4. The summed E-state index contributed by atoms with van der Waals surface area (Å²) in [4.78, 5) is 30.5. The van der Waals surface area contributed by atoms with Crippen molar-refractivity contribution in [2.45, 2.75) is 18.9 Å². The van der Waals surface area contributed by atoms with Gasteiger partial charge in [0.15, 0.2) is 0 Å². The smallest absolute Gasteiger partial charge is 0.305 e. The maximum atomic E-state index is 14.5. The summed E-state index contributed by atoms with van der Waals surface area (Å²) in [6.45, 7) is 0. The topological polar surface area (TPSA) is 59.0 Å². The molecule has 0 aromatic heterocycles. The van der Waals surface area contributed by atoms with Gasteiger partial charge in [0.2, 0.25) is 0 Å².